The number of hydrogen-bond donors (Lipinski definition) is 1. The molecule has 0 radical (unpaired) electrons. The zero-order valence-electron chi connectivity index (χ0n) is 13.6. The number of nitrogens with two attached hydrogens (primary N) is 1. The van der Waals surface area contributed by atoms with Crippen molar-refractivity contribution in [3.8, 4) is 0 Å². The molecule has 0 spiro atoms. The molecule has 6 nitrogen and oxygen atoms in total. The number of benzene rings is 1. The van der Waals surface area contributed by atoms with Crippen LogP contribution in [0.5, 0.6) is 0 Å². The molecule has 0 bridgehead atoms. The molecule has 130 valence electrons. The summed E-state index contributed by atoms with van der Waals surface area (Å²) < 4.78 is 27.5. The number of nitrogens with zero attached hydrogens (tertiary/aromatic N) is 1. The zero-order valence-corrected chi connectivity index (χ0v) is 14.5. The van der Waals surface area contributed by atoms with Crippen LogP contribution in [0.1, 0.15) is 37.7 Å². The van der Waals surface area contributed by atoms with Gasteiger partial charge in [-0.05, 0) is 38.3 Å². The number of fused-ring (bicyclic) bond motifs is 1. The van der Waals surface area contributed by atoms with Crippen LogP contribution in [0.3, 0.4) is 0 Å². The van der Waals surface area contributed by atoms with Gasteiger partial charge in [0.15, 0.2) is 0 Å². The Morgan fingerprint density at radius 1 is 1.21 bits per heavy atom. The molecule has 24 heavy (non-hydrogen) atoms. The smallest absolute Gasteiger partial charge is 0.244 e. The van der Waals surface area contributed by atoms with Gasteiger partial charge >= 0.3 is 0 Å². The molecule has 1 aliphatic heterocycles. The number of hydrogen-bond acceptors (Lipinski definition) is 4. The number of primary amides is 1. The van der Waals surface area contributed by atoms with E-state index in [4.69, 9.17) is 5.73 Å². The van der Waals surface area contributed by atoms with Gasteiger partial charge in [-0.3, -0.25) is 9.59 Å². The molecule has 3 atom stereocenters. The third-order valence-electron chi connectivity index (χ3n) is 5.09. The molecule has 1 saturated carbocycles. The summed E-state index contributed by atoms with van der Waals surface area (Å²) in [6.07, 6.45) is 2.78. The van der Waals surface area contributed by atoms with Gasteiger partial charge in [-0.15, -0.1) is 0 Å². The number of sulfonamides is 1. The molecule has 1 aromatic carbocycles. The average molecular weight is 350 g/mol. The van der Waals surface area contributed by atoms with Gasteiger partial charge in [0.25, 0.3) is 0 Å². The molecular weight excluding hydrogens is 328 g/mol. The van der Waals surface area contributed by atoms with Gasteiger partial charge in [0, 0.05) is 18.4 Å². The molecule has 1 aliphatic carbocycles. The van der Waals surface area contributed by atoms with E-state index in [2.05, 4.69) is 0 Å². The van der Waals surface area contributed by atoms with Crippen molar-refractivity contribution in [2.24, 2.45) is 11.7 Å². The summed E-state index contributed by atoms with van der Waals surface area (Å²) in [7, 11) is -3.88. The average Bonchev–Trinajstić information content (AvgIpc) is 2.84. The van der Waals surface area contributed by atoms with E-state index in [0.29, 0.717) is 12.8 Å². The first kappa shape index (κ1) is 17.1. The predicted octanol–water partition coefficient (Wildman–Crippen LogP) is 1.37. The van der Waals surface area contributed by atoms with E-state index < -0.39 is 33.9 Å². The number of amides is 1. The van der Waals surface area contributed by atoms with Gasteiger partial charge in [0.05, 0.1) is 4.90 Å². The lowest BCUT2D eigenvalue weighted by Gasteiger charge is -2.28. The van der Waals surface area contributed by atoms with Crippen molar-refractivity contribution in [3.05, 3.63) is 29.8 Å². The van der Waals surface area contributed by atoms with Crippen LogP contribution in [0.2, 0.25) is 0 Å². The Balaban J connectivity index is 2.05. The molecular formula is C17H22N2O4S. The summed E-state index contributed by atoms with van der Waals surface area (Å²) >= 11 is 0. The SMILES string of the molecule is Cc1ccc(S(=O)(=O)N2[C@@H](C(N)=O)C[C@H]3C(=O)CCCC[C@H]32)cc1. The van der Waals surface area contributed by atoms with Crippen LogP contribution in [-0.4, -0.2) is 36.5 Å². The Morgan fingerprint density at radius 3 is 2.50 bits per heavy atom. The van der Waals surface area contributed by atoms with Crippen LogP contribution in [0, 0.1) is 12.8 Å². The summed E-state index contributed by atoms with van der Waals surface area (Å²) in [5, 5.41) is 0. The van der Waals surface area contributed by atoms with Crippen molar-refractivity contribution in [1.82, 2.24) is 4.31 Å². The molecule has 7 heteroatoms. The highest BCUT2D eigenvalue weighted by Gasteiger charge is 2.52. The second-order valence-electron chi connectivity index (χ2n) is 6.69. The molecule has 1 amide bonds. The normalized spacial score (nSPS) is 28.4. The lowest BCUT2D eigenvalue weighted by atomic mass is 9.93. The van der Waals surface area contributed by atoms with Gasteiger partial charge in [-0.2, -0.15) is 4.31 Å². The Hall–Kier alpha value is -1.73. The lowest BCUT2D eigenvalue weighted by Crippen LogP contribution is -2.47. The van der Waals surface area contributed by atoms with Crippen molar-refractivity contribution in [1.29, 1.82) is 0 Å². The third-order valence-corrected chi connectivity index (χ3v) is 7.04. The summed E-state index contributed by atoms with van der Waals surface area (Å²) in [5.41, 5.74) is 6.42. The Morgan fingerprint density at radius 2 is 1.88 bits per heavy atom. The largest absolute Gasteiger partial charge is 0.368 e. The van der Waals surface area contributed by atoms with Gasteiger partial charge in [-0.25, -0.2) is 8.42 Å². The topological polar surface area (TPSA) is 97.5 Å². The van der Waals surface area contributed by atoms with Crippen LogP contribution in [0.15, 0.2) is 29.2 Å². The van der Waals surface area contributed by atoms with Crippen molar-refractivity contribution < 1.29 is 18.0 Å². The molecule has 2 aliphatic rings. The first-order chi connectivity index (χ1) is 11.3. The number of aryl methyl sites for hydroxylation is 1. The minimum atomic E-state index is -3.88. The molecule has 2 fully saturated rings. The minimum absolute atomic E-state index is 0.0466. The number of carbonyl (C=O) groups excluding carboxylic acids is 2. The highest BCUT2D eigenvalue weighted by molar-refractivity contribution is 7.89. The van der Waals surface area contributed by atoms with E-state index in [0.717, 1.165) is 18.4 Å². The van der Waals surface area contributed by atoms with Gasteiger partial charge in [0.2, 0.25) is 15.9 Å². The molecule has 1 aromatic rings. The second kappa shape index (κ2) is 6.29. The molecule has 3 rings (SSSR count). The quantitative estimate of drug-likeness (QED) is 0.890. The minimum Gasteiger partial charge on any atom is -0.368 e. The first-order valence-corrected chi connectivity index (χ1v) is 9.68. The maximum atomic E-state index is 13.1. The van der Waals surface area contributed by atoms with Crippen molar-refractivity contribution in [2.75, 3.05) is 0 Å². The summed E-state index contributed by atoms with van der Waals surface area (Å²) in [4.78, 5) is 24.4. The highest BCUT2D eigenvalue weighted by Crippen LogP contribution is 2.40. The standard InChI is InChI=1S/C17H22N2O4S/c1-11-6-8-12(9-7-11)24(22,23)19-14-4-2-3-5-16(20)13(14)10-15(19)17(18)21/h6-9,13-15H,2-5,10H2,1H3,(H2,18,21)/t13-,14-,15-/m1/s1. The summed E-state index contributed by atoms with van der Waals surface area (Å²) in [6.45, 7) is 1.87. The molecule has 1 heterocycles. The maximum absolute atomic E-state index is 13.1. The van der Waals surface area contributed by atoms with Gasteiger partial charge in [0.1, 0.15) is 11.8 Å². The van der Waals surface area contributed by atoms with Crippen LogP contribution in [0.4, 0.5) is 0 Å². The monoisotopic (exact) mass is 350 g/mol. The van der Waals surface area contributed by atoms with Gasteiger partial charge in [-0.1, -0.05) is 24.1 Å². The van der Waals surface area contributed by atoms with Crippen LogP contribution in [0.25, 0.3) is 0 Å². The van der Waals surface area contributed by atoms with Crippen LogP contribution < -0.4 is 5.73 Å². The third kappa shape index (κ3) is 2.86. The van der Waals surface area contributed by atoms with E-state index in [-0.39, 0.29) is 17.1 Å². The fourth-order valence-electron chi connectivity index (χ4n) is 3.84. The number of carbonyl (C=O) groups is 2. The molecule has 1 saturated heterocycles. The van der Waals surface area contributed by atoms with Crippen molar-refractivity contribution in [3.63, 3.8) is 0 Å². The molecule has 0 aromatic heterocycles. The number of rotatable bonds is 3. The number of Topliss-reactive ketones (excluding diaryl/α,β-unsaturated/α-hetero) is 1. The summed E-state index contributed by atoms with van der Waals surface area (Å²) in [6, 6.07) is 5.09. The lowest BCUT2D eigenvalue weighted by molar-refractivity contribution is -0.122. The fraction of sp³-hybridized carbons (Fsp3) is 0.529. The Kier molecular flexibility index (Phi) is 4.48. The zero-order chi connectivity index (χ0) is 17.5. The predicted molar refractivity (Wildman–Crippen MR) is 88.6 cm³/mol. The van der Waals surface area contributed by atoms with E-state index in [1.165, 1.54) is 16.4 Å². The maximum Gasteiger partial charge on any atom is 0.244 e. The summed E-state index contributed by atoms with van der Waals surface area (Å²) in [5.74, 6) is -1.07. The van der Waals surface area contributed by atoms with Crippen LogP contribution >= 0.6 is 0 Å². The van der Waals surface area contributed by atoms with E-state index in [9.17, 15) is 18.0 Å². The van der Waals surface area contributed by atoms with Crippen molar-refractivity contribution >= 4 is 21.7 Å². The molecule has 2 N–H and O–H groups in total. The van der Waals surface area contributed by atoms with Gasteiger partial charge < -0.3 is 5.73 Å². The Bertz CT molecular complexity index is 757. The fourth-order valence-corrected chi connectivity index (χ4v) is 5.70. The first-order valence-electron chi connectivity index (χ1n) is 8.24. The van der Waals surface area contributed by atoms with E-state index in [1.54, 1.807) is 12.1 Å². The van der Waals surface area contributed by atoms with Crippen LogP contribution in [-0.2, 0) is 19.6 Å². The van der Waals surface area contributed by atoms with E-state index in [1.807, 2.05) is 6.92 Å². The molecule has 0 unspecified atom stereocenters. The number of ketones is 1. The Labute approximate surface area is 142 Å². The van der Waals surface area contributed by atoms with Crippen molar-refractivity contribution in [2.45, 2.75) is 56.0 Å². The second-order valence-corrected chi connectivity index (χ2v) is 8.53. The highest BCUT2D eigenvalue weighted by atomic mass is 32.2. The van der Waals surface area contributed by atoms with E-state index >= 15 is 0 Å².